The maximum Gasteiger partial charge on any atom is 0.329 e. The topological polar surface area (TPSA) is 69.2 Å². The third kappa shape index (κ3) is 3.05. The van der Waals surface area contributed by atoms with Crippen molar-refractivity contribution in [2.75, 3.05) is 0 Å². The van der Waals surface area contributed by atoms with Crippen LogP contribution in [0, 0.1) is 6.92 Å². The lowest BCUT2D eigenvalue weighted by Gasteiger charge is -2.24. The number of imidazole rings is 1. The second-order valence-electron chi connectivity index (χ2n) is 8.31. The van der Waals surface area contributed by atoms with E-state index in [1.165, 1.54) is 5.56 Å². The van der Waals surface area contributed by atoms with Gasteiger partial charge in [0, 0.05) is 24.1 Å². The highest BCUT2D eigenvalue weighted by Gasteiger charge is 2.29. The Bertz CT molecular complexity index is 1300. The van der Waals surface area contributed by atoms with Gasteiger partial charge in [0.2, 0.25) is 0 Å². The Balaban J connectivity index is 1.94. The van der Waals surface area contributed by atoms with Crippen molar-refractivity contribution in [2.24, 2.45) is 7.05 Å². The second kappa shape index (κ2) is 6.65. The summed E-state index contributed by atoms with van der Waals surface area (Å²) in [5.74, 6) is -0.927. The van der Waals surface area contributed by atoms with Crippen LogP contribution in [0.5, 0.6) is 0 Å². The van der Waals surface area contributed by atoms with Gasteiger partial charge in [0.05, 0.1) is 29.5 Å². The van der Waals surface area contributed by atoms with E-state index in [2.05, 4.69) is 29.8 Å². The molecule has 150 valence electrons. The first kappa shape index (κ1) is 19.1. The van der Waals surface area contributed by atoms with Crippen LogP contribution >= 0.6 is 0 Å². The SMILES string of the molecule is Cc1cccc2c1c(Cn1c(=O)n(C(C)(C)CC(=O)O)c3ccccc31)cn2C. The summed E-state index contributed by atoms with van der Waals surface area (Å²) in [6.07, 6.45) is 1.94. The molecule has 2 aromatic carbocycles. The molecule has 0 saturated carbocycles. The monoisotopic (exact) mass is 391 g/mol. The lowest BCUT2D eigenvalue weighted by atomic mass is 10.0. The van der Waals surface area contributed by atoms with Gasteiger partial charge in [-0.1, -0.05) is 24.3 Å². The summed E-state index contributed by atoms with van der Waals surface area (Å²) in [5, 5.41) is 10.5. The van der Waals surface area contributed by atoms with Crippen molar-refractivity contribution in [3.63, 3.8) is 0 Å². The fourth-order valence-corrected chi connectivity index (χ4v) is 4.42. The van der Waals surface area contributed by atoms with Gasteiger partial charge in [-0.15, -0.1) is 0 Å². The molecule has 2 heterocycles. The number of carbonyl (C=O) groups is 1. The number of carboxylic acids is 1. The maximum atomic E-state index is 13.5. The van der Waals surface area contributed by atoms with Crippen molar-refractivity contribution < 1.29 is 9.90 Å². The van der Waals surface area contributed by atoms with Crippen LogP contribution in [0.15, 0.2) is 53.5 Å². The lowest BCUT2D eigenvalue weighted by Crippen LogP contribution is -2.38. The molecule has 0 spiro atoms. The first-order chi connectivity index (χ1) is 13.7. The number of rotatable bonds is 5. The van der Waals surface area contributed by atoms with Gasteiger partial charge in [-0.05, 0) is 50.1 Å². The minimum atomic E-state index is -0.927. The van der Waals surface area contributed by atoms with Gasteiger partial charge in [-0.3, -0.25) is 13.9 Å². The molecule has 0 amide bonds. The Labute approximate surface area is 168 Å². The highest BCUT2D eigenvalue weighted by molar-refractivity contribution is 5.87. The Morgan fingerprint density at radius 1 is 1.03 bits per heavy atom. The minimum absolute atomic E-state index is 0.131. The number of aromatic nitrogens is 3. The summed E-state index contributed by atoms with van der Waals surface area (Å²) < 4.78 is 5.45. The Hall–Kier alpha value is -3.28. The summed E-state index contributed by atoms with van der Waals surface area (Å²) in [6, 6.07) is 13.8. The number of fused-ring (bicyclic) bond motifs is 2. The molecular formula is C23H25N3O3. The number of aryl methyl sites for hydroxylation is 2. The number of nitrogens with zero attached hydrogens (tertiary/aromatic N) is 3. The molecule has 0 aliphatic carbocycles. The molecule has 0 aliphatic rings. The lowest BCUT2D eigenvalue weighted by molar-refractivity contribution is -0.138. The molecule has 6 heteroatoms. The molecule has 4 aromatic rings. The van der Waals surface area contributed by atoms with E-state index < -0.39 is 11.5 Å². The van der Waals surface area contributed by atoms with Gasteiger partial charge in [-0.25, -0.2) is 4.79 Å². The quantitative estimate of drug-likeness (QED) is 0.562. The van der Waals surface area contributed by atoms with E-state index in [9.17, 15) is 14.7 Å². The standard InChI is InChI=1S/C23H25N3O3/c1-15-8-7-11-19-21(15)16(13-24(19)4)14-25-17-9-5-6-10-18(17)26(22(25)29)23(2,3)12-20(27)28/h5-11,13H,12,14H2,1-4H3,(H,27,28). The van der Waals surface area contributed by atoms with E-state index in [4.69, 9.17) is 0 Å². The maximum absolute atomic E-state index is 13.5. The number of carboxylic acid groups (broad SMARTS) is 1. The average molecular weight is 391 g/mol. The predicted molar refractivity (Wildman–Crippen MR) is 115 cm³/mol. The highest BCUT2D eigenvalue weighted by Crippen LogP contribution is 2.28. The Morgan fingerprint density at radius 3 is 2.38 bits per heavy atom. The van der Waals surface area contributed by atoms with Crippen molar-refractivity contribution in [3.05, 3.63) is 70.3 Å². The molecule has 2 aromatic heterocycles. The van der Waals surface area contributed by atoms with E-state index in [1.54, 1.807) is 23.0 Å². The molecule has 0 radical (unpaired) electrons. The third-order valence-electron chi connectivity index (χ3n) is 5.65. The molecule has 0 unspecified atom stereocenters. The highest BCUT2D eigenvalue weighted by atomic mass is 16.4. The van der Waals surface area contributed by atoms with Crippen molar-refractivity contribution in [3.8, 4) is 0 Å². The van der Waals surface area contributed by atoms with E-state index in [-0.39, 0.29) is 12.1 Å². The third-order valence-corrected chi connectivity index (χ3v) is 5.65. The molecule has 29 heavy (non-hydrogen) atoms. The van der Waals surface area contributed by atoms with E-state index in [1.807, 2.05) is 37.4 Å². The van der Waals surface area contributed by atoms with E-state index in [0.29, 0.717) is 6.54 Å². The van der Waals surface area contributed by atoms with Crippen molar-refractivity contribution in [1.82, 2.24) is 13.7 Å². The molecule has 0 bridgehead atoms. The second-order valence-corrected chi connectivity index (χ2v) is 8.31. The van der Waals surface area contributed by atoms with Crippen molar-refractivity contribution in [2.45, 2.75) is 39.3 Å². The minimum Gasteiger partial charge on any atom is -0.481 e. The fraction of sp³-hybridized carbons (Fsp3) is 0.304. The van der Waals surface area contributed by atoms with Crippen LogP contribution in [-0.2, 0) is 23.9 Å². The number of para-hydroxylation sites is 2. The van der Waals surface area contributed by atoms with Gasteiger partial charge >= 0.3 is 11.7 Å². The first-order valence-electron chi connectivity index (χ1n) is 9.67. The predicted octanol–water partition coefficient (Wildman–Crippen LogP) is 3.86. The molecule has 0 saturated heterocycles. The van der Waals surface area contributed by atoms with Gasteiger partial charge in [0.1, 0.15) is 0 Å². The summed E-state index contributed by atoms with van der Waals surface area (Å²) in [7, 11) is 2.01. The Morgan fingerprint density at radius 2 is 1.69 bits per heavy atom. The van der Waals surface area contributed by atoms with Crippen LogP contribution < -0.4 is 5.69 Å². The summed E-state index contributed by atoms with van der Waals surface area (Å²) >= 11 is 0. The zero-order valence-electron chi connectivity index (χ0n) is 17.1. The van der Waals surface area contributed by atoms with Crippen LogP contribution in [0.1, 0.15) is 31.4 Å². The van der Waals surface area contributed by atoms with Crippen LogP contribution in [0.3, 0.4) is 0 Å². The molecule has 4 rings (SSSR count). The van der Waals surface area contributed by atoms with Crippen LogP contribution in [0.4, 0.5) is 0 Å². The summed E-state index contributed by atoms with van der Waals surface area (Å²) in [4.78, 5) is 24.9. The molecule has 6 nitrogen and oxygen atoms in total. The molecular weight excluding hydrogens is 366 g/mol. The molecule has 0 aliphatic heterocycles. The van der Waals surface area contributed by atoms with Gasteiger partial charge in [0.15, 0.2) is 0 Å². The van der Waals surface area contributed by atoms with Crippen molar-refractivity contribution in [1.29, 1.82) is 0 Å². The largest absolute Gasteiger partial charge is 0.481 e. The smallest absolute Gasteiger partial charge is 0.329 e. The normalized spacial score (nSPS) is 12.1. The number of benzene rings is 2. The van der Waals surface area contributed by atoms with E-state index >= 15 is 0 Å². The molecule has 0 atom stereocenters. The zero-order valence-corrected chi connectivity index (χ0v) is 17.1. The average Bonchev–Trinajstić information content (AvgIpc) is 3.10. The molecule has 0 fully saturated rings. The fourth-order valence-electron chi connectivity index (χ4n) is 4.42. The van der Waals surface area contributed by atoms with Crippen LogP contribution in [-0.4, -0.2) is 24.8 Å². The summed E-state index contributed by atoms with van der Waals surface area (Å²) in [6.45, 7) is 6.09. The Kier molecular flexibility index (Phi) is 4.37. The summed E-state index contributed by atoms with van der Waals surface area (Å²) in [5.41, 5.74) is 3.89. The van der Waals surface area contributed by atoms with Crippen molar-refractivity contribution >= 4 is 27.9 Å². The van der Waals surface area contributed by atoms with Gasteiger partial charge < -0.3 is 9.67 Å². The van der Waals surface area contributed by atoms with Gasteiger partial charge in [-0.2, -0.15) is 0 Å². The zero-order chi connectivity index (χ0) is 20.9. The molecule has 1 N–H and O–H groups in total. The van der Waals surface area contributed by atoms with Crippen LogP contribution in [0.2, 0.25) is 0 Å². The number of hydrogen-bond acceptors (Lipinski definition) is 2. The van der Waals surface area contributed by atoms with E-state index in [0.717, 1.165) is 27.5 Å². The van der Waals surface area contributed by atoms with Gasteiger partial charge in [0.25, 0.3) is 0 Å². The number of aliphatic carboxylic acids is 1. The first-order valence-corrected chi connectivity index (χ1v) is 9.67. The van der Waals surface area contributed by atoms with Crippen LogP contribution in [0.25, 0.3) is 21.9 Å². The number of hydrogen-bond donors (Lipinski definition) is 1.